The van der Waals surface area contributed by atoms with Gasteiger partial charge in [0.25, 0.3) is 0 Å². The fourth-order valence-corrected chi connectivity index (χ4v) is 5.44. The van der Waals surface area contributed by atoms with Crippen molar-refractivity contribution < 1.29 is 24.7 Å². The Bertz CT molecular complexity index is 801. The summed E-state index contributed by atoms with van der Waals surface area (Å²) in [5.41, 5.74) is 2.96. The summed E-state index contributed by atoms with van der Waals surface area (Å²) in [6, 6.07) is 9.91. The van der Waals surface area contributed by atoms with Crippen molar-refractivity contribution in [2.24, 2.45) is 11.8 Å². The number of carboxylic acid groups (broad SMARTS) is 1. The lowest BCUT2D eigenvalue weighted by Crippen LogP contribution is -2.47. The Labute approximate surface area is 182 Å². The normalized spacial score (nSPS) is 28.6. The molecule has 0 radical (unpaired) electrons. The van der Waals surface area contributed by atoms with Gasteiger partial charge in [-0.2, -0.15) is 0 Å². The summed E-state index contributed by atoms with van der Waals surface area (Å²) in [5, 5.41) is 18.4. The molecule has 3 N–H and O–H groups in total. The van der Waals surface area contributed by atoms with Gasteiger partial charge in [0.1, 0.15) is 0 Å². The maximum atomic E-state index is 13.0. The van der Waals surface area contributed by atoms with E-state index >= 15 is 0 Å². The molecule has 0 bridgehead atoms. The molecule has 2 aliphatic carbocycles. The second-order valence-corrected chi connectivity index (χ2v) is 9.09. The number of amides is 3. The molecule has 0 aromatic heterocycles. The minimum atomic E-state index is -1.03. The molecule has 3 aliphatic rings. The highest BCUT2D eigenvalue weighted by Gasteiger charge is 2.51. The maximum Gasteiger partial charge on any atom is 0.407 e. The number of benzene rings is 1. The first-order chi connectivity index (χ1) is 15.0. The molecule has 8 nitrogen and oxygen atoms in total. The van der Waals surface area contributed by atoms with Crippen molar-refractivity contribution >= 4 is 17.9 Å². The van der Waals surface area contributed by atoms with Crippen LogP contribution in [0.1, 0.15) is 56.4 Å². The molecule has 1 aliphatic heterocycles. The first-order valence-electron chi connectivity index (χ1n) is 11.3. The monoisotopic (exact) mass is 429 g/mol. The van der Waals surface area contributed by atoms with E-state index in [0.29, 0.717) is 38.0 Å². The third-order valence-corrected chi connectivity index (χ3v) is 7.30. The Hall–Kier alpha value is -2.61. The van der Waals surface area contributed by atoms with Gasteiger partial charge in [0.2, 0.25) is 11.8 Å². The van der Waals surface area contributed by atoms with Crippen molar-refractivity contribution in [3.63, 3.8) is 0 Å². The van der Waals surface area contributed by atoms with Crippen LogP contribution in [0.25, 0.3) is 0 Å². The predicted octanol–water partition coefficient (Wildman–Crippen LogP) is 2.83. The molecule has 1 heterocycles. The molecule has 0 spiro atoms. The molecule has 1 aromatic rings. The van der Waals surface area contributed by atoms with E-state index in [4.69, 9.17) is 5.21 Å². The van der Waals surface area contributed by atoms with Crippen molar-refractivity contribution in [3.8, 4) is 0 Å². The van der Waals surface area contributed by atoms with E-state index in [9.17, 15) is 19.5 Å². The van der Waals surface area contributed by atoms with E-state index in [1.165, 1.54) is 10.5 Å². The summed E-state index contributed by atoms with van der Waals surface area (Å²) < 4.78 is 0. The van der Waals surface area contributed by atoms with Crippen molar-refractivity contribution in [1.29, 1.82) is 0 Å². The number of hydrogen-bond acceptors (Lipinski definition) is 4. The third-order valence-electron chi connectivity index (χ3n) is 7.30. The molecule has 4 rings (SSSR count). The van der Waals surface area contributed by atoms with Gasteiger partial charge in [-0.25, -0.2) is 10.3 Å². The minimum absolute atomic E-state index is 0.0455. The Kier molecular flexibility index (Phi) is 6.46. The van der Waals surface area contributed by atoms with E-state index in [0.717, 1.165) is 25.9 Å². The highest BCUT2D eigenvalue weighted by molar-refractivity contribution is 5.82. The minimum Gasteiger partial charge on any atom is -0.465 e. The van der Waals surface area contributed by atoms with Crippen LogP contribution in [0.5, 0.6) is 0 Å². The number of likely N-dealkylation sites (tertiary alicyclic amines) is 1. The van der Waals surface area contributed by atoms with Gasteiger partial charge in [0, 0.05) is 31.1 Å². The Morgan fingerprint density at radius 2 is 1.61 bits per heavy atom. The smallest absolute Gasteiger partial charge is 0.407 e. The van der Waals surface area contributed by atoms with E-state index in [2.05, 4.69) is 24.3 Å². The van der Waals surface area contributed by atoms with Gasteiger partial charge in [0.05, 0.1) is 5.92 Å². The lowest BCUT2D eigenvalue weighted by atomic mass is 9.83. The summed E-state index contributed by atoms with van der Waals surface area (Å²) in [6.07, 6.45) is 3.98. The van der Waals surface area contributed by atoms with Crippen LogP contribution in [-0.2, 0) is 9.59 Å². The number of nitrogens with zero attached hydrogens (tertiary/aromatic N) is 2. The van der Waals surface area contributed by atoms with E-state index < -0.39 is 17.9 Å². The molecule has 0 unspecified atom stereocenters. The molecule has 168 valence electrons. The van der Waals surface area contributed by atoms with Gasteiger partial charge in [-0.15, -0.1) is 0 Å². The maximum absolute atomic E-state index is 13.0. The van der Waals surface area contributed by atoms with Gasteiger partial charge in [-0.1, -0.05) is 30.3 Å². The summed E-state index contributed by atoms with van der Waals surface area (Å²) in [6.45, 7) is 1.55. The summed E-state index contributed by atoms with van der Waals surface area (Å²) in [7, 11) is 0. The van der Waals surface area contributed by atoms with Gasteiger partial charge >= 0.3 is 6.09 Å². The van der Waals surface area contributed by atoms with Gasteiger partial charge in [-0.05, 0) is 56.4 Å². The van der Waals surface area contributed by atoms with Crippen molar-refractivity contribution in [2.45, 2.75) is 62.9 Å². The number of carbonyl (C=O) groups excluding carboxylic acids is 2. The molecule has 2 saturated carbocycles. The molecule has 31 heavy (non-hydrogen) atoms. The lowest BCUT2D eigenvalue weighted by molar-refractivity contribution is -0.138. The Balaban J connectivity index is 1.27. The van der Waals surface area contributed by atoms with E-state index in [-0.39, 0.29) is 23.9 Å². The average molecular weight is 430 g/mol. The number of rotatable bonds is 5. The zero-order valence-corrected chi connectivity index (χ0v) is 17.7. The van der Waals surface area contributed by atoms with Crippen molar-refractivity contribution in [3.05, 3.63) is 35.9 Å². The fourth-order valence-electron chi connectivity index (χ4n) is 5.44. The van der Waals surface area contributed by atoms with Crippen LogP contribution in [0.2, 0.25) is 0 Å². The Morgan fingerprint density at radius 3 is 2.19 bits per heavy atom. The number of piperidine rings is 1. The van der Waals surface area contributed by atoms with Gasteiger partial charge in [-0.3, -0.25) is 14.8 Å². The lowest BCUT2D eigenvalue weighted by Gasteiger charge is -2.38. The molecule has 1 aromatic carbocycles. The van der Waals surface area contributed by atoms with Crippen molar-refractivity contribution in [2.75, 3.05) is 13.1 Å². The number of hydrogen-bond donors (Lipinski definition) is 3. The second kappa shape index (κ2) is 9.26. The molecular weight excluding hydrogens is 398 g/mol. The highest BCUT2D eigenvalue weighted by atomic mass is 16.5. The zero-order valence-electron chi connectivity index (χ0n) is 17.7. The van der Waals surface area contributed by atoms with Crippen LogP contribution >= 0.6 is 0 Å². The van der Waals surface area contributed by atoms with Crippen LogP contribution in [0.4, 0.5) is 4.79 Å². The van der Waals surface area contributed by atoms with E-state index in [1.807, 2.05) is 11.0 Å². The predicted molar refractivity (Wildman–Crippen MR) is 112 cm³/mol. The first-order valence-corrected chi connectivity index (χ1v) is 11.3. The topological polar surface area (TPSA) is 110 Å². The standard InChI is InChI=1S/C23H31N3O5/c27-21(24-31)19-14-20(19)26(23(29)30)18-8-6-17(7-9-18)22(28)25-12-10-16(11-13-25)15-4-2-1-3-5-15/h1-5,16-20,31H,6-14H2,(H,24,27)(H,29,30)/t17?,18?,19-,20+/m0/s1. The zero-order chi connectivity index (χ0) is 22.0. The highest BCUT2D eigenvalue weighted by Crippen LogP contribution is 2.41. The number of hydroxylamine groups is 1. The van der Waals surface area contributed by atoms with Gasteiger partial charge in [0.15, 0.2) is 0 Å². The largest absolute Gasteiger partial charge is 0.465 e. The third kappa shape index (κ3) is 4.69. The quantitative estimate of drug-likeness (QED) is 0.492. The van der Waals surface area contributed by atoms with Crippen LogP contribution in [0.3, 0.4) is 0 Å². The SMILES string of the molecule is O=C(NO)[C@H]1C[C@H]1N(C(=O)O)C1CCC(C(=O)N2CCC(c3ccccc3)CC2)CC1. The van der Waals surface area contributed by atoms with Crippen LogP contribution in [-0.4, -0.2) is 63.2 Å². The summed E-state index contributed by atoms with van der Waals surface area (Å²) in [5.74, 6) is -0.343. The van der Waals surface area contributed by atoms with Crippen LogP contribution in [0.15, 0.2) is 30.3 Å². The molecule has 2 atom stereocenters. The number of carbonyl (C=O) groups is 3. The fraction of sp³-hybridized carbons (Fsp3) is 0.609. The van der Waals surface area contributed by atoms with Gasteiger partial charge < -0.3 is 14.9 Å². The molecular formula is C23H31N3O5. The average Bonchev–Trinajstić information content (AvgIpc) is 3.59. The van der Waals surface area contributed by atoms with Crippen LogP contribution < -0.4 is 5.48 Å². The van der Waals surface area contributed by atoms with E-state index in [1.54, 1.807) is 5.48 Å². The second-order valence-electron chi connectivity index (χ2n) is 9.09. The molecule has 3 fully saturated rings. The van der Waals surface area contributed by atoms with Crippen LogP contribution in [0, 0.1) is 11.8 Å². The Morgan fingerprint density at radius 1 is 0.968 bits per heavy atom. The van der Waals surface area contributed by atoms with Crippen molar-refractivity contribution in [1.82, 2.24) is 15.3 Å². The number of nitrogens with one attached hydrogen (secondary N) is 1. The molecule has 8 heteroatoms. The molecule has 1 saturated heterocycles. The molecule has 3 amide bonds. The summed E-state index contributed by atoms with van der Waals surface area (Å²) >= 11 is 0. The first kappa shape index (κ1) is 21.6. The summed E-state index contributed by atoms with van der Waals surface area (Å²) in [4.78, 5) is 39.8.